The van der Waals surface area contributed by atoms with Crippen molar-refractivity contribution in [1.29, 1.82) is 0 Å². The number of fused-ring (bicyclic) bond motifs is 1. The van der Waals surface area contributed by atoms with Crippen LogP contribution in [0.25, 0.3) is 22.3 Å². The SMILES string of the molecule is C=NN(/C(=N\N)N1CCN(C(=O)C(=O)c2c[nH]c3c(-c4cc(C(=O)NCCc5ccncc5)[nH]n4)ncc(F)c23)CC1)c1ccccc1. The summed E-state index contributed by atoms with van der Waals surface area (Å²) in [6, 6.07) is 14.4. The molecular formula is C32H31FN12O3. The molecule has 16 heteroatoms. The molecule has 0 bridgehead atoms. The summed E-state index contributed by atoms with van der Waals surface area (Å²) in [5.74, 6) is 3.20. The average Bonchev–Trinajstić information content (AvgIpc) is 3.80. The van der Waals surface area contributed by atoms with Crippen molar-refractivity contribution >= 4 is 46.9 Å². The summed E-state index contributed by atoms with van der Waals surface area (Å²) in [5.41, 5.74) is 2.37. The van der Waals surface area contributed by atoms with Crippen molar-refractivity contribution in [3.05, 3.63) is 96.0 Å². The molecule has 48 heavy (non-hydrogen) atoms. The molecule has 5 aromatic rings. The summed E-state index contributed by atoms with van der Waals surface area (Å²) in [5, 5.41) is 19.0. The number of amides is 2. The van der Waals surface area contributed by atoms with Gasteiger partial charge >= 0.3 is 0 Å². The van der Waals surface area contributed by atoms with Gasteiger partial charge in [-0.1, -0.05) is 18.2 Å². The van der Waals surface area contributed by atoms with Gasteiger partial charge < -0.3 is 25.9 Å². The van der Waals surface area contributed by atoms with Gasteiger partial charge in [-0.15, -0.1) is 5.10 Å². The summed E-state index contributed by atoms with van der Waals surface area (Å²) >= 11 is 0. The van der Waals surface area contributed by atoms with Gasteiger partial charge in [-0.2, -0.15) is 15.2 Å². The van der Waals surface area contributed by atoms with Crippen molar-refractivity contribution < 1.29 is 18.8 Å². The van der Waals surface area contributed by atoms with E-state index in [1.165, 1.54) is 22.2 Å². The lowest BCUT2D eigenvalue weighted by Gasteiger charge is -2.37. The number of hydrogen-bond donors (Lipinski definition) is 4. The van der Waals surface area contributed by atoms with E-state index in [1.807, 2.05) is 47.4 Å². The van der Waals surface area contributed by atoms with E-state index >= 15 is 4.39 Å². The van der Waals surface area contributed by atoms with Crippen molar-refractivity contribution in [3.63, 3.8) is 0 Å². The third-order valence-corrected chi connectivity index (χ3v) is 7.91. The van der Waals surface area contributed by atoms with E-state index in [1.54, 1.807) is 12.4 Å². The number of rotatable bonds is 9. The van der Waals surface area contributed by atoms with Crippen LogP contribution in [0, 0.1) is 5.82 Å². The highest BCUT2D eigenvalue weighted by molar-refractivity contribution is 6.45. The van der Waals surface area contributed by atoms with Crippen LogP contribution in [0.15, 0.2) is 83.5 Å². The number of nitrogens with two attached hydrogens (primary N) is 1. The summed E-state index contributed by atoms with van der Waals surface area (Å²) in [6.45, 7) is 4.99. The average molecular weight is 651 g/mol. The molecule has 6 rings (SSSR count). The molecule has 4 aromatic heterocycles. The standard InChI is InChI=1S/C32H31FN12O3/c1-35-45(21-5-3-2-4-6-21)32(40-34)44-15-13-43(14-16-44)31(48)29(46)22-18-38-28-26(22)23(33)19-39-27(28)24-17-25(42-41-24)30(47)37-12-9-20-7-10-36-11-8-20/h2-8,10-11,17-19,38H,1,9,12-16,34H2,(H,37,47)(H,41,42)/b40-32-. The Morgan fingerprint density at radius 3 is 2.50 bits per heavy atom. The third-order valence-electron chi connectivity index (χ3n) is 7.91. The number of hydrogen-bond acceptors (Lipinski definition) is 9. The van der Waals surface area contributed by atoms with E-state index in [0.29, 0.717) is 37.7 Å². The number of halogens is 1. The van der Waals surface area contributed by atoms with Crippen molar-refractivity contribution in [2.45, 2.75) is 6.42 Å². The molecule has 0 spiro atoms. The quantitative estimate of drug-likeness (QED) is 0.0462. The Labute approximate surface area is 273 Å². The summed E-state index contributed by atoms with van der Waals surface area (Å²) in [4.78, 5) is 53.8. The molecule has 2 amide bonds. The van der Waals surface area contributed by atoms with Gasteiger partial charge in [0.1, 0.15) is 17.1 Å². The predicted molar refractivity (Wildman–Crippen MR) is 176 cm³/mol. The van der Waals surface area contributed by atoms with Gasteiger partial charge in [0.2, 0.25) is 5.96 Å². The molecule has 5 N–H and O–H groups in total. The number of Topliss-reactive ketones (excluding diaryl/α,β-unsaturated/α-hetero) is 1. The number of anilines is 1. The minimum atomic E-state index is -0.881. The first-order chi connectivity index (χ1) is 23.4. The van der Waals surface area contributed by atoms with Crippen LogP contribution >= 0.6 is 0 Å². The largest absolute Gasteiger partial charge is 0.359 e. The number of guanidine groups is 1. The maximum absolute atomic E-state index is 15.2. The molecule has 1 aromatic carbocycles. The van der Waals surface area contributed by atoms with Crippen LogP contribution in [-0.4, -0.2) is 97.9 Å². The zero-order valence-electron chi connectivity index (χ0n) is 25.6. The highest BCUT2D eigenvalue weighted by Gasteiger charge is 2.32. The molecule has 1 fully saturated rings. The maximum atomic E-state index is 15.2. The number of H-pyrrole nitrogens is 2. The second-order valence-corrected chi connectivity index (χ2v) is 10.8. The fourth-order valence-electron chi connectivity index (χ4n) is 5.47. The molecule has 0 unspecified atom stereocenters. The van der Waals surface area contributed by atoms with Gasteiger partial charge in [-0.3, -0.25) is 24.5 Å². The van der Waals surface area contributed by atoms with Crippen LogP contribution in [0.3, 0.4) is 0 Å². The molecule has 1 aliphatic rings. The van der Waals surface area contributed by atoms with Crippen LogP contribution in [0.4, 0.5) is 10.1 Å². The zero-order valence-corrected chi connectivity index (χ0v) is 25.6. The molecule has 0 aliphatic carbocycles. The fraction of sp³-hybridized carbons (Fsp3) is 0.188. The number of ketones is 1. The number of nitrogens with zero attached hydrogens (tertiary/aromatic N) is 8. The number of aromatic amines is 2. The van der Waals surface area contributed by atoms with E-state index < -0.39 is 17.5 Å². The van der Waals surface area contributed by atoms with Crippen molar-refractivity contribution in [2.75, 3.05) is 37.7 Å². The minimum Gasteiger partial charge on any atom is -0.359 e. The lowest BCUT2D eigenvalue weighted by molar-refractivity contribution is -0.127. The highest BCUT2D eigenvalue weighted by atomic mass is 19.1. The van der Waals surface area contributed by atoms with Gasteiger partial charge in [0.05, 0.1) is 28.4 Å². The number of hydrazone groups is 2. The van der Waals surface area contributed by atoms with Crippen LogP contribution < -0.4 is 16.2 Å². The van der Waals surface area contributed by atoms with E-state index in [0.717, 1.165) is 11.8 Å². The Kier molecular flexibility index (Phi) is 9.13. The molecule has 0 saturated carbocycles. The first kappa shape index (κ1) is 31.5. The highest BCUT2D eigenvalue weighted by Crippen LogP contribution is 2.30. The topological polar surface area (TPSA) is 194 Å². The number of para-hydroxylation sites is 1. The monoisotopic (exact) mass is 650 g/mol. The van der Waals surface area contributed by atoms with Crippen LogP contribution in [-0.2, 0) is 11.2 Å². The van der Waals surface area contributed by atoms with E-state index in [4.69, 9.17) is 5.84 Å². The van der Waals surface area contributed by atoms with Crippen molar-refractivity contribution in [1.82, 2.24) is 40.3 Å². The second-order valence-electron chi connectivity index (χ2n) is 10.8. The normalized spacial score (nSPS) is 13.4. The predicted octanol–water partition coefficient (Wildman–Crippen LogP) is 2.14. The lowest BCUT2D eigenvalue weighted by atomic mass is 10.1. The van der Waals surface area contributed by atoms with Crippen LogP contribution in [0.2, 0.25) is 0 Å². The first-order valence-electron chi connectivity index (χ1n) is 15.0. The van der Waals surface area contributed by atoms with Gasteiger partial charge in [-0.25, -0.2) is 9.37 Å². The molecule has 15 nitrogen and oxygen atoms in total. The van der Waals surface area contributed by atoms with Gasteiger partial charge in [0, 0.05) is 58.0 Å². The number of carbonyl (C=O) groups excluding carboxylic acids is 3. The zero-order chi connectivity index (χ0) is 33.6. The second kappa shape index (κ2) is 13.9. The molecule has 244 valence electrons. The molecule has 1 saturated heterocycles. The van der Waals surface area contributed by atoms with E-state index in [-0.39, 0.29) is 52.5 Å². The smallest absolute Gasteiger partial charge is 0.295 e. The molecule has 1 aliphatic heterocycles. The van der Waals surface area contributed by atoms with Gasteiger partial charge in [0.25, 0.3) is 17.6 Å². The molecule has 0 radical (unpaired) electrons. The first-order valence-corrected chi connectivity index (χ1v) is 15.0. The van der Waals surface area contributed by atoms with Gasteiger partial charge in [-0.05, 0) is 42.3 Å². The Bertz CT molecular complexity index is 1990. The number of carbonyl (C=O) groups is 3. The van der Waals surface area contributed by atoms with E-state index in [2.05, 4.69) is 47.4 Å². The number of aromatic nitrogens is 5. The maximum Gasteiger partial charge on any atom is 0.295 e. The van der Waals surface area contributed by atoms with Crippen molar-refractivity contribution in [2.24, 2.45) is 16.0 Å². The Balaban J connectivity index is 1.13. The Morgan fingerprint density at radius 2 is 1.79 bits per heavy atom. The number of pyridine rings is 2. The Hall–Kier alpha value is -6.45. The summed E-state index contributed by atoms with van der Waals surface area (Å²) in [7, 11) is 0. The molecular weight excluding hydrogens is 619 g/mol. The summed E-state index contributed by atoms with van der Waals surface area (Å²) < 4.78 is 15.2. The van der Waals surface area contributed by atoms with Crippen LogP contribution in [0.5, 0.6) is 0 Å². The van der Waals surface area contributed by atoms with E-state index in [9.17, 15) is 14.4 Å². The lowest BCUT2D eigenvalue weighted by Crippen LogP contribution is -2.55. The van der Waals surface area contributed by atoms with Crippen LogP contribution in [0.1, 0.15) is 26.4 Å². The number of benzene rings is 1. The molecule has 0 atom stereocenters. The number of nitrogens with one attached hydrogen (secondary N) is 3. The summed E-state index contributed by atoms with van der Waals surface area (Å²) in [6.07, 6.45) is 6.21. The third kappa shape index (κ3) is 6.31. The Morgan fingerprint density at radius 1 is 1.06 bits per heavy atom. The molecule has 5 heterocycles. The van der Waals surface area contributed by atoms with Gasteiger partial charge in [0.15, 0.2) is 5.82 Å². The number of piperazine rings is 1. The minimum absolute atomic E-state index is 0.101. The van der Waals surface area contributed by atoms with Crippen molar-refractivity contribution in [3.8, 4) is 11.4 Å². The fourth-order valence-corrected chi connectivity index (χ4v) is 5.47.